The van der Waals surface area contributed by atoms with Gasteiger partial charge in [-0.1, -0.05) is 60.7 Å². The SMILES string of the molecule is O=C(C/C=N\CC/N=C\CC(=O)Cc1ccccc1)Cc1ccccc1. The van der Waals surface area contributed by atoms with E-state index in [-0.39, 0.29) is 11.6 Å². The summed E-state index contributed by atoms with van der Waals surface area (Å²) in [7, 11) is 0. The average Bonchev–Trinajstić information content (AvgIpc) is 2.65. The number of hydrogen-bond acceptors (Lipinski definition) is 4. The topological polar surface area (TPSA) is 58.9 Å². The lowest BCUT2D eigenvalue weighted by molar-refractivity contribution is -0.118. The summed E-state index contributed by atoms with van der Waals surface area (Å²) >= 11 is 0. The molecule has 0 spiro atoms. The summed E-state index contributed by atoms with van der Waals surface area (Å²) in [6.45, 7) is 1.06. The standard InChI is InChI=1S/C22H24N2O2/c25-21(17-19-7-3-1-4-8-19)11-13-23-15-16-24-14-12-22(26)18-20-9-5-2-6-10-20/h1-10,13-14H,11-12,15-18H2/b23-13-,24-14-. The highest BCUT2D eigenvalue weighted by Gasteiger charge is 2.01. The molecule has 134 valence electrons. The van der Waals surface area contributed by atoms with Crippen LogP contribution in [0.1, 0.15) is 24.0 Å². The highest BCUT2D eigenvalue weighted by atomic mass is 16.1. The zero-order valence-corrected chi connectivity index (χ0v) is 14.9. The van der Waals surface area contributed by atoms with Gasteiger partial charge in [0.05, 0.1) is 13.1 Å². The van der Waals surface area contributed by atoms with Gasteiger partial charge in [-0.15, -0.1) is 0 Å². The van der Waals surface area contributed by atoms with Gasteiger partial charge in [0, 0.05) is 38.1 Å². The molecule has 0 unspecified atom stereocenters. The minimum absolute atomic E-state index is 0.148. The molecule has 2 rings (SSSR count). The van der Waals surface area contributed by atoms with Gasteiger partial charge in [-0.3, -0.25) is 19.6 Å². The van der Waals surface area contributed by atoms with Gasteiger partial charge in [-0.2, -0.15) is 0 Å². The molecule has 2 aromatic carbocycles. The first kappa shape index (κ1) is 19.4. The summed E-state index contributed by atoms with van der Waals surface area (Å²) in [5, 5.41) is 0. The Balaban J connectivity index is 1.55. The third-order valence-corrected chi connectivity index (χ3v) is 3.74. The van der Waals surface area contributed by atoms with E-state index in [1.165, 1.54) is 0 Å². The van der Waals surface area contributed by atoms with Crippen LogP contribution in [0.4, 0.5) is 0 Å². The van der Waals surface area contributed by atoms with Gasteiger partial charge in [0.15, 0.2) is 0 Å². The fraction of sp³-hybridized carbons (Fsp3) is 0.273. The Morgan fingerprint density at radius 1 is 0.654 bits per heavy atom. The Kier molecular flexibility index (Phi) is 8.70. The van der Waals surface area contributed by atoms with Crippen LogP contribution in [0.15, 0.2) is 70.6 Å². The van der Waals surface area contributed by atoms with Crippen LogP contribution in [-0.2, 0) is 22.4 Å². The second-order valence-electron chi connectivity index (χ2n) is 5.99. The summed E-state index contributed by atoms with van der Waals surface area (Å²) in [5.41, 5.74) is 2.05. The molecular weight excluding hydrogens is 324 g/mol. The second kappa shape index (κ2) is 11.6. The third-order valence-electron chi connectivity index (χ3n) is 3.74. The molecule has 26 heavy (non-hydrogen) atoms. The Morgan fingerprint density at radius 2 is 1.04 bits per heavy atom. The molecule has 0 N–H and O–H groups in total. The van der Waals surface area contributed by atoms with Crippen LogP contribution in [0.2, 0.25) is 0 Å². The van der Waals surface area contributed by atoms with E-state index in [4.69, 9.17) is 0 Å². The second-order valence-corrected chi connectivity index (χ2v) is 5.99. The lowest BCUT2D eigenvalue weighted by atomic mass is 10.1. The first-order chi connectivity index (χ1) is 12.7. The van der Waals surface area contributed by atoms with Gasteiger partial charge in [0.1, 0.15) is 11.6 Å². The van der Waals surface area contributed by atoms with Crippen molar-refractivity contribution in [1.82, 2.24) is 0 Å². The van der Waals surface area contributed by atoms with Crippen molar-refractivity contribution in [3.8, 4) is 0 Å². The summed E-state index contributed by atoms with van der Waals surface area (Å²) in [4.78, 5) is 32.0. The van der Waals surface area contributed by atoms with E-state index in [1.807, 2.05) is 60.7 Å². The number of carbonyl (C=O) groups is 2. The van der Waals surface area contributed by atoms with Crippen molar-refractivity contribution in [3.05, 3.63) is 71.8 Å². The van der Waals surface area contributed by atoms with Gasteiger partial charge >= 0.3 is 0 Å². The molecule has 0 aliphatic carbocycles. The predicted molar refractivity (Wildman–Crippen MR) is 106 cm³/mol. The van der Waals surface area contributed by atoms with Gasteiger partial charge in [0.2, 0.25) is 0 Å². The number of aliphatic imine (C=N–C) groups is 2. The average molecular weight is 348 g/mol. The number of ketones is 2. The molecular formula is C22H24N2O2. The highest BCUT2D eigenvalue weighted by Crippen LogP contribution is 2.02. The van der Waals surface area contributed by atoms with Crippen molar-refractivity contribution in [2.75, 3.05) is 13.1 Å². The number of rotatable bonds is 11. The Hall–Kier alpha value is -2.88. The largest absolute Gasteiger partial charge is 0.299 e. The summed E-state index contributed by atoms with van der Waals surface area (Å²) < 4.78 is 0. The summed E-state index contributed by atoms with van der Waals surface area (Å²) in [6.07, 6.45) is 4.87. The molecule has 0 saturated carbocycles. The first-order valence-electron chi connectivity index (χ1n) is 8.82. The van der Waals surface area contributed by atoms with E-state index in [0.717, 1.165) is 11.1 Å². The molecule has 0 heterocycles. The van der Waals surface area contributed by atoms with Crippen molar-refractivity contribution in [2.24, 2.45) is 9.98 Å². The number of hydrogen-bond donors (Lipinski definition) is 0. The van der Waals surface area contributed by atoms with Crippen molar-refractivity contribution in [3.63, 3.8) is 0 Å². The number of Topliss-reactive ketones (excluding diaryl/α,β-unsaturated/α-hetero) is 2. The van der Waals surface area contributed by atoms with Crippen molar-refractivity contribution >= 4 is 24.0 Å². The fourth-order valence-corrected chi connectivity index (χ4v) is 2.42. The molecule has 0 aliphatic heterocycles. The maximum atomic E-state index is 11.8. The van der Waals surface area contributed by atoms with Crippen LogP contribution in [0.25, 0.3) is 0 Å². The van der Waals surface area contributed by atoms with E-state index in [0.29, 0.717) is 38.8 Å². The maximum Gasteiger partial charge on any atom is 0.142 e. The molecule has 4 heteroatoms. The Labute approximate surface area is 154 Å². The molecule has 2 aromatic rings. The predicted octanol–water partition coefficient (Wildman–Crippen LogP) is 3.53. The summed E-state index contributed by atoms with van der Waals surface area (Å²) in [5.74, 6) is 0.296. The van der Waals surface area contributed by atoms with E-state index < -0.39 is 0 Å². The molecule has 0 bridgehead atoms. The molecule has 4 nitrogen and oxygen atoms in total. The minimum Gasteiger partial charge on any atom is -0.299 e. The van der Waals surface area contributed by atoms with Crippen LogP contribution < -0.4 is 0 Å². The van der Waals surface area contributed by atoms with Gasteiger partial charge in [-0.05, 0) is 11.1 Å². The molecule has 0 fully saturated rings. The number of nitrogens with zero attached hydrogens (tertiary/aromatic N) is 2. The molecule has 0 saturated heterocycles. The maximum absolute atomic E-state index is 11.8. The zero-order valence-electron chi connectivity index (χ0n) is 14.9. The molecule has 0 amide bonds. The van der Waals surface area contributed by atoms with Crippen molar-refractivity contribution in [2.45, 2.75) is 25.7 Å². The molecule has 0 atom stereocenters. The van der Waals surface area contributed by atoms with E-state index in [9.17, 15) is 9.59 Å². The first-order valence-corrected chi connectivity index (χ1v) is 8.82. The van der Waals surface area contributed by atoms with Gasteiger partial charge in [-0.25, -0.2) is 0 Å². The van der Waals surface area contributed by atoms with Crippen LogP contribution in [0, 0.1) is 0 Å². The van der Waals surface area contributed by atoms with E-state index in [1.54, 1.807) is 12.4 Å². The highest BCUT2D eigenvalue weighted by molar-refractivity contribution is 5.93. The molecule has 0 aromatic heterocycles. The Morgan fingerprint density at radius 3 is 1.42 bits per heavy atom. The lowest BCUT2D eigenvalue weighted by Gasteiger charge is -1.98. The third kappa shape index (κ3) is 8.29. The van der Waals surface area contributed by atoms with Crippen LogP contribution in [-0.4, -0.2) is 37.1 Å². The van der Waals surface area contributed by atoms with Gasteiger partial charge in [0.25, 0.3) is 0 Å². The zero-order chi connectivity index (χ0) is 18.5. The number of benzene rings is 2. The minimum atomic E-state index is 0.148. The lowest BCUT2D eigenvalue weighted by Crippen LogP contribution is -2.04. The monoisotopic (exact) mass is 348 g/mol. The number of carbonyl (C=O) groups excluding carboxylic acids is 2. The molecule has 0 radical (unpaired) electrons. The van der Waals surface area contributed by atoms with E-state index in [2.05, 4.69) is 9.98 Å². The van der Waals surface area contributed by atoms with Crippen molar-refractivity contribution in [1.29, 1.82) is 0 Å². The fourth-order valence-electron chi connectivity index (χ4n) is 2.42. The smallest absolute Gasteiger partial charge is 0.142 e. The molecule has 0 aliphatic rings. The van der Waals surface area contributed by atoms with Gasteiger partial charge < -0.3 is 0 Å². The van der Waals surface area contributed by atoms with E-state index >= 15 is 0 Å². The summed E-state index contributed by atoms with van der Waals surface area (Å²) in [6, 6.07) is 19.4. The normalized spacial score (nSPS) is 11.2. The van der Waals surface area contributed by atoms with Crippen LogP contribution in [0.5, 0.6) is 0 Å². The van der Waals surface area contributed by atoms with Crippen LogP contribution in [0.3, 0.4) is 0 Å². The van der Waals surface area contributed by atoms with Crippen LogP contribution >= 0.6 is 0 Å². The van der Waals surface area contributed by atoms with Crippen molar-refractivity contribution < 1.29 is 9.59 Å². The Bertz CT molecular complexity index is 672. The quantitative estimate of drug-likeness (QED) is 0.461.